The molecule has 1 fully saturated rings. The molecule has 19 heavy (non-hydrogen) atoms. The van der Waals surface area contributed by atoms with Crippen molar-refractivity contribution in [2.24, 2.45) is 5.92 Å². The molecule has 1 unspecified atom stereocenters. The van der Waals surface area contributed by atoms with Gasteiger partial charge in [0.25, 0.3) is 0 Å². The smallest absolute Gasteiger partial charge is 0.150 e. The number of fused-ring (bicyclic) bond motifs is 1. The summed E-state index contributed by atoms with van der Waals surface area (Å²) >= 11 is 5.90. The zero-order chi connectivity index (χ0) is 13.5. The number of hydrogen-bond acceptors (Lipinski definition) is 4. The van der Waals surface area contributed by atoms with Gasteiger partial charge in [0.05, 0.1) is 17.0 Å². The maximum Gasteiger partial charge on any atom is 0.150 e. The molecular weight excluding hydrogens is 286 g/mol. The fourth-order valence-electron chi connectivity index (χ4n) is 2.59. The molecule has 2 heterocycles. The van der Waals surface area contributed by atoms with Gasteiger partial charge < -0.3 is 0 Å². The molecule has 0 radical (unpaired) electrons. The van der Waals surface area contributed by atoms with E-state index in [1.165, 1.54) is 0 Å². The van der Waals surface area contributed by atoms with Crippen molar-refractivity contribution in [3.8, 4) is 0 Å². The summed E-state index contributed by atoms with van der Waals surface area (Å²) in [7, 11) is -2.88. The standard InChI is InChI=1S/C12H14ClN3O2S/c13-10-3-4-12-11(6-10)14-15-16(12)7-9-2-1-5-19(17,18)8-9/h3-4,6,9H,1-2,5,7-8H2. The molecule has 0 saturated carbocycles. The second-order valence-electron chi connectivity index (χ2n) is 5.03. The molecule has 1 atom stereocenters. The average molecular weight is 300 g/mol. The summed E-state index contributed by atoms with van der Waals surface area (Å²) in [5, 5.41) is 8.78. The van der Waals surface area contributed by atoms with Crippen LogP contribution >= 0.6 is 11.6 Å². The van der Waals surface area contributed by atoms with Crippen LogP contribution < -0.4 is 0 Å². The lowest BCUT2D eigenvalue weighted by Crippen LogP contribution is -2.28. The molecule has 0 amide bonds. The summed E-state index contributed by atoms with van der Waals surface area (Å²) in [6, 6.07) is 5.42. The van der Waals surface area contributed by atoms with E-state index < -0.39 is 9.84 Å². The summed E-state index contributed by atoms with van der Waals surface area (Å²) in [6.45, 7) is 0.595. The number of hydrogen-bond donors (Lipinski definition) is 0. The number of nitrogens with zero attached hydrogens (tertiary/aromatic N) is 3. The zero-order valence-electron chi connectivity index (χ0n) is 10.3. The summed E-state index contributed by atoms with van der Waals surface area (Å²) in [4.78, 5) is 0. The summed E-state index contributed by atoms with van der Waals surface area (Å²) < 4.78 is 25.0. The van der Waals surface area contributed by atoms with Crippen LogP contribution in [0, 0.1) is 5.92 Å². The van der Waals surface area contributed by atoms with Crippen molar-refractivity contribution < 1.29 is 8.42 Å². The van der Waals surface area contributed by atoms with Gasteiger partial charge in [0.1, 0.15) is 5.52 Å². The van der Waals surface area contributed by atoms with E-state index in [9.17, 15) is 8.42 Å². The van der Waals surface area contributed by atoms with E-state index in [1.54, 1.807) is 16.8 Å². The summed E-state index contributed by atoms with van der Waals surface area (Å²) in [5.41, 5.74) is 1.64. The number of halogens is 1. The van der Waals surface area contributed by atoms with Gasteiger partial charge in [0.2, 0.25) is 0 Å². The molecule has 0 bridgehead atoms. The summed E-state index contributed by atoms with van der Waals surface area (Å²) in [5.74, 6) is 0.693. The van der Waals surface area contributed by atoms with E-state index in [0.29, 0.717) is 17.3 Å². The van der Waals surface area contributed by atoms with Crippen molar-refractivity contribution in [1.29, 1.82) is 0 Å². The Morgan fingerprint density at radius 1 is 1.42 bits per heavy atom. The molecule has 1 aliphatic rings. The van der Waals surface area contributed by atoms with Gasteiger partial charge in [0.15, 0.2) is 9.84 Å². The Kier molecular flexibility index (Phi) is 3.22. The van der Waals surface area contributed by atoms with Gasteiger partial charge in [0, 0.05) is 11.6 Å². The first-order valence-corrected chi connectivity index (χ1v) is 8.43. The van der Waals surface area contributed by atoms with Crippen LogP contribution in [0.3, 0.4) is 0 Å². The van der Waals surface area contributed by atoms with Crippen LogP contribution in [0.5, 0.6) is 0 Å². The van der Waals surface area contributed by atoms with Crippen molar-refractivity contribution in [2.45, 2.75) is 19.4 Å². The quantitative estimate of drug-likeness (QED) is 0.849. The van der Waals surface area contributed by atoms with Gasteiger partial charge in [-0.2, -0.15) is 0 Å². The molecule has 5 nitrogen and oxygen atoms in total. The van der Waals surface area contributed by atoms with Crippen LogP contribution in [0.4, 0.5) is 0 Å². The van der Waals surface area contributed by atoms with Gasteiger partial charge in [-0.3, -0.25) is 0 Å². The van der Waals surface area contributed by atoms with E-state index in [2.05, 4.69) is 10.3 Å². The van der Waals surface area contributed by atoms with Crippen molar-refractivity contribution in [2.75, 3.05) is 11.5 Å². The lowest BCUT2D eigenvalue weighted by atomic mass is 10.1. The van der Waals surface area contributed by atoms with Crippen LogP contribution in [0.2, 0.25) is 5.02 Å². The molecule has 0 aliphatic carbocycles. The first-order valence-electron chi connectivity index (χ1n) is 6.23. The normalized spacial score (nSPS) is 22.7. The van der Waals surface area contributed by atoms with Gasteiger partial charge in [-0.15, -0.1) is 5.10 Å². The van der Waals surface area contributed by atoms with E-state index in [-0.39, 0.29) is 11.7 Å². The fraction of sp³-hybridized carbons (Fsp3) is 0.500. The summed E-state index contributed by atoms with van der Waals surface area (Å²) in [6.07, 6.45) is 1.67. The van der Waals surface area contributed by atoms with Crippen LogP contribution in [-0.2, 0) is 16.4 Å². The number of benzene rings is 1. The van der Waals surface area contributed by atoms with Gasteiger partial charge in [-0.25, -0.2) is 13.1 Å². The van der Waals surface area contributed by atoms with Gasteiger partial charge in [-0.05, 0) is 37.0 Å². The minimum absolute atomic E-state index is 0.124. The van der Waals surface area contributed by atoms with Crippen molar-refractivity contribution in [3.63, 3.8) is 0 Å². The second-order valence-corrected chi connectivity index (χ2v) is 7.69. The molecule has 0 N–H and O–H groups in total. The molecule has 1 aromatic heterocycles. The second kappa shape index (κ2) is 4.76. The van der Waals surface area contributed by atoms with Gasteiger partial charge in [-0.1, -0.05) is 16.8 Å². The highest BCUT2D eigenvalue weighted by atomic mass is 35.5. The Morgan fingerprint density at radius 2 is 2.26 bits per heavy atom. The highest BCUT2D eigenvalue weighted by molar-refractivity contribution is 7.91. The minimum atomic E-state index is -2.88. The molecule has 7 heteroatoms. The number of sulfone groups is 1. The van der Waals surface area contributed by atoms with Crippen molar-refractivity contribution in [3.05, 3.63) is 23.2 Å². The highest BCUT2D eigenvalue weighted by Gasteiger charge is 2.25. The predicted molar refractivity (Wildman–Crippen MR) is 73.9 cm³/mol. The van der Waals surface area contributed by atoms with E-state index in [4.69, 9.17) is 11.6 Å². The van der Waals surface area contributed by atoms with E-state index in [1.807, 2.05) is 6.07 Å². The molecule has 1 saturated heterocycles. The molecule has 1 aliphatic heterocycles. The molecule has 102 valence electrons. The lowest BCUT2D eigenvalue weighted by Gasteiger charge is -2.21. The van der Waals surface area contributed by atoms with Crippen molar-refractivity contribution in [1.82, 2.24) is 15.0 Å². The fourth-order valence-corrected chi connectivity index (χ4v) is 4.52. The Balaban J connectivity index is 1.85. The predicted octanol–water partition coefficient (Wildman–Crippen LogP) is 1.91. The van der Waals surface area contributed by atoms with E-state index in [0.717, 1.165) is 23.9 Å². The Hall–Kier alpha value is -1.14. The van der Waals surface area contributed by atoms with E-state index >= 15 is 0 Å². The molecule has 1 aromatic carbocycles. The SMILES string of the molecule is O=S1(=O)CCCC(Cn2nnc3cc(Cl)ccc32)C1. The van der Waals surface area contributed by atoms with Crippen molar-refractivity contribution >= 4 is 32.5 Å². The Labute approximate surface area is 116 Å². The van der Waals surface area contributed by atoms with Crippen LogP contribution in [0.1, 0.15) is 12.8 Å². The lowest BCUT2D eigenvalue weighted by molar-refractivity contribution is 0.407. The highest BCUT2D eigenvalue weighted by Crippen LogP contribution is 2.22. The monoisotopic (exact) mass is 299 g/mol. The third kappa shape index (κ3) is 2.74. The minimum Gasteiger partial charge on any atom is -0.244 e. The molecule has 2 aromatic rings. The maximum atomic E-state index is 11.6. The third-order valence-electron chi connectivity index (χ3n) is 3.46. The Morgan fingerprint density at radius 3 is 3.05 bits per heavy atom. The average Bonchev–Trinajstić information content (AvgIpc) is 2.70. The zero-order valence-corrected chi connectivity index (χ0v) is 11.9. The largest absolute Gasteiger partial charge is 0.244 e. The third-order valence-corrected chi connectivity index (χ3v) is 5.59. The van der Waals surface area contributed by atoms with Crippen LogP contribution in [0.25, 0.3) is 11.0 Å². The molecule has 0 spiro atoms. The van der Waals surface area contributed by atoms with Gasteiger partial charge >= 0.3 is 0 Å². The first kappa shape index (κ1) is 12.9. The Bertz CT molecular complexity index is 711. The van der Waals surface area contributed by atoms with Crippen LogP contribution in [-0.4, -0.2) is 34.9 Å². The first-order chi connectivity index (χ1) is 9.03. The van der Waals surface area contributed by atoms with Crippen LogP contribution in [0.15, 0.2) is 18.2 Å². The number of aromatic nitrogens is 3. The topological polar surface area (TPSA) is 64.8 Å². The maximum absolute atomic E-state index is 11.6. The molecular formula is C12H14ClN3O2S. The number of rotatable bonds is 2. The molecule has 3 rings (SSSR count).